The molecule has 142 valence electrons. The fourth-order valence-corrected chi connectivity index (χ4v) is 4.15. The molecular formula is C18H28N6OS. The lowest BCUT2D eigenvalue weighted by Gasteiger charge is -2.43. The molecule has 1 atom stereocenters. The second-order valence-electron chi connectivity index (χ2n) is 8.35. The van der Waals surface area contributed by atoms with E-state index in [4.69, 9.17) is 21.4 Å². The molecule has 26 heavy (non-hydrogen) atoms. The number of nitrogens with zero attached hydrogens (tertiary/aromatic N) is 4. The maximum atomic E-state index is 6.34. The van der Waals surface area contributed by atoms with Gasteiger partial charge in [0.1, 0.15) is 11.1 Å². The van der Waals surface area contributed by atoms with Gasteiger partial charge in [-0.3, -0.25) is 0 Å². The molecule has 0 amide bonds. The van der Waals surface area contributed by atoms with Crippen molar-refractivity contribution in [2.75, 3.05) is 23.8 Å². The van der Waals surface area contributed by atoms with Crippen LogP contribution in [0.2, 0.25) is 0 Å². The minimum Gasteiger partial charge on any atom is -0.364 e. The van der Waals surface area contributed by atoms with Gasteiger partial charge in [0, 0.05) is 17.3 Å². The van der Waals surface area contributed by atoms with Crippen LogP contribution in [0.25, 0.3) is 0 Å². The van der Waals surface area contributed by atoms with Crippen LogP contribution < -0.4 is 22.1 Å². The number of morpholine rings is 1. The van der Waals surface area contributed by atoms with Crippen molar-refractivity contribution < 1.29 is 4.74 Å². The molecule has 3 rings (SSSR count). The Morgan fingerprint density at radius 3 is 2.65 bits per heavy atom. The number of nitrogen functional groups attached to an aromatic ring is 1. The number of nitrogens with two attached hydrogens (primary N) is 2. The van der Waals surface area contributed by atoms with Crippen molar-refractivity contribution in [1.29, 1.82) is 0 Å². The van der Waals surface area contributed by atoms with Gasteiger partial charge in [-0.15, -0.1) is 11.3 Å². The van der Waals surface area contributed by atoms with Gasteiger partial charge in [-0.2, -0.15) is 5.10 Å². The van der Waals surface area contributed by atoms with Crippen LogP contribution in [0.1, 0.15) is 51.4 Å². The Morgan fingerprint density at radius 1 is 1.35 bits per heavy atom. The maximum Gasteiger partial charge on any atom is 0.170 e. The van der Waals surface area contributed by atoms with Crippen LogP contribution >= 0.6 is 11.3 Å². The van der Waals surface area contributed by atoms with E-state index in [0.29, 0.717) is 5.49 Å². The lowest BCUT2D eigenvalue weighted by molar-refractivity contribution is -0.0856. The Balaban J connectivity index is 1.90. The largest absolute Gasteiger partial charge is 0.364 e. The zero-order valence-electron chi connectivity index (χ0n) is 16.1. The number of rotatable bonds is 2. The van der Waals surface area contributed by atoms with Gasteiger partial charge in [0.2, 0.25) is 0 Å². The highest BCUT2D eigenvalue weighted by Crippen LogP contribution is 2.36. The van der Waals surface area contributed by atoms with Crippen molar-refractivity contribution in [3.63, 3.8) is 0 Å². The van der Waals surface area contributed by atoms with Gasteiger partial charge in [0.25, 0.3) is 0 Å². The van der Waals surface area contributed by atoms with E-state index < -0.39 is 0 Å². The van der Waals surface area contributed by atoms with E-state index in [1.807, 2.05) is 18.3 Å². The summed E-state index contributed by atoms with van der Waals surface area (Å²) in [4.78, 5) is 7.12. The molecule has 7 nitrogen and oxygen atoms in total. The second-order valence-corrected chi connectivity index (χ2v) is 9.24. The Bertz CT molecular complexity index is 848. The van der Waals surface area contributed by atoms with E-state index in [2.05, 4.69) is 50.0 Å². The first-order valence-corrected chi connectivity index (χ1v) is 9.57. The number of ether oxygens (including phenoxy) is 1. The summed E-state index contributed by atoms with van der Waals surface area (Å²) in [5.74, 6) is 11.3. The van der Waals surface area contributed by atoms with E-state index >= 15 is 0 Å². The molecule has 0 saturated carbocycles. The molecule has 1 aliphatic heterocycles. The van der Waals surface area contributed by atoms with Crippen LogP contribution in [0.5, 0.6) is 0 Å². The van der Waals surface area contributed by atoms with Crippen molar-refractivity contribution in [3.05, 3.63) is 39.9 Å². The molecular weight excluding hydrogens is 348 g/mol. The summed E-state index contributed by atoms with van der Waals surface area (Å²) in [6.45, 7) is 12.2. The summed E-state index contributed by atoms with van der Waals surface area (Å²) < 4.78 is 7.78. The average Bonchev–Trinajstić information content (AvgIpc) is 3.03. The fourth-order valence-electron chi connectivity index (χ4n) is 3.08. The van der Waals surface area contributed by atoms with Crippen LogP contribution in [-0.4, -0.2) is 28.4 Å². The number of aromatic nitrogens is 2. The molecule has 0 bridgehead atoms. The molecule has 1 fully saturated rings. The highest BCUT2D eigenvalue weighted by molar-refractivity contribution is 7.09. The lowest BCUT2D eigenvalue weighted by Crippen LogP contribution is -2.50. The third kappa shape index (κ3) is 3.86. The normalized spacial score (nSPS) is 21.2. The summed E-state index contributed by atoms with van der Waals surface area (Å²) in [5.41, 5.74) is 2.36. The monoisotopic (exact) mass is 376 g/mol. The zero-order valence-corrected chi connectivity index (χ0v) is 16.9. The summed E-state index contributed by atoms with van der Waals surface area (Å²) in [7, 11) is 0. The van der Waals surface area contributed by atoms with E-state index in [-0.39, 0.29) is 17.1 Å². The molecule has 1 saturated heterocycles. The molecule has 4 N–H and O–H groups in total. The third-order valence-electron chi connectivity index (χ3n) is 4.42. The standard InChI is InChI=1S/C18H28N6OS/c1-17(2,3)14-10-26-16(21-14)13-9-23(11-18(4,5)25-13)12-6-7-15(22-19)24(20)8-12/h6-8,10,13H,9,11,19-20H2,1-5H3/b22-15-. The molecule has 0 aromatic carbocycles. The molecule has 3 heterocycles. The van der Waals surface area contributed by atoms with Gasteiger partial charge >= 0.3 is 0 Å². The second kappa shape index (κ2) is 6.59. The Kier molecular flexibility index (Phi) is 4.74. The number of pyridine rings is 1. The molecule has 0 spiro atoms. The van der Waals surface area contributed by atoms with E-state index in [0.717, 1.165) is 29.5 Å². The SMILES string of the molecule is CC1(C)CN(c2cc/c(=N/N)n(N)c2)CC(c2nc(C(C)(C)C)cs2)O1. The highest BCUT2D eigenvalue weighted by atomic mass is 32.1. The molecule has 8 heteroatoms. The Hall–Kier alpha value is -2.06. The number of thiazole rings is 1. The van der Waals surface area contributed by atoms with Gasteiger partial charge in [0.05, 0.1) is 29.7 Å². The first-order valence-electron chi connectivity index (χ1n) is 8.69. The molecule has 0 radical (unpaired) electrons. The van der Waals surface area contributed by atoms with Crippen molar-refractivity contribution in [3.8, 4) is 0 Å². The quantitative estimate of drug-likeness (QED) is 0.618. The molecule has 1 unspecified atom stereocenters. The van der Waals surface area contributed by atoms with Gasteiger partial charge < -0.3 is 21.3 Å². The lowest BCUT2D eigenvalue weighted by atomic mass is 9.93. The molecule has 0 aliphatic carbocycles. The fraction of sp³-hybridized carbons (Fsp3) is 0.556. The molecule has 1 aliphatic rings. The van der Waals surface area contributed by atoms with Crippen LogP contribution in [0.15, 0.2) is 28.8 Å². The van der Waals surface area contributed by atoms with Gasteiger partial charge in [-0.05, 0) is 26.0 Å². The van der Waals surface area contributed by atoms with Crippen LogP contribution in [-0.2, 0) is 10.2 Å². The number of hydrogen-bond acceptors (Lipinski definition) is 7. The van der Waals surface area contributed by atoms with E-state index in [1.54, 1.807) is 11.3 Å². The topological polar surface area (TPSA) is 94.7 Å². The van der Waals surface area contributed by atoms with Crippen LogP contribution in [0.3, 0.4) is 0 Å². The zero-order chi connectivity index (χ0) is 19.1. The van der Waals surface area contributed by atoms with Gasteiger partial charge in [0.15, 0.2) is 5.49 Å². The molecule has 2 aromatic heterocycles. The van der Waals surface area contributed by atoms with E-state index in [1.165, 1.54) is 4.68 Å². The predicted molar refractivity (Wildman–Crippen MR) is 105 cm³/mol. The minimum atomic E-state index is -0.299. The molecule has 2 aromatic rings. The number of anilines is 1. The summed E-state index contributed by atoms with van der Waals surface area (Å²) >= 11 is 1.67. The van der Waals surface area contributed by atoms with Crippen molar-refractivity contribution in [1.82, 2.24) is 9.66 Å². The first-order chi connectivity index (χ1) is 12.1. The summed E-state index contributed by atoms with van der Waals surface area (Å²) in [6, 6.07) is 3.80. The minimum absolute atomic E-state index is 0.0330. The average molecular weight is 377 g/mol. The van der Waals surface area contributed by atoms with Gasteiger partial charge in [-0.1, -0.05) is 20.8 Å². The van der Waals surface area contributed by atoms with Crippen LogP contribution in [0.4, 0.5) is 5.69 Å². The Labute approximate surface area is 158 Å². The van der Waals surface area contributed by atoms with Crippen LogP contribution in [0, 0.1) is 0 Å². The van der Waals surface area contributed by atoms with E-state index in [9.17, 15) is 0 Å². The summed E-state index contributed by atoms with van der Waals surface area (Å²) in [5, 5.41) is 6.81. The highest BCUT2D eigenvalue weighted by Gasteiger charge is 2.36. The third-order valence-corrected chi connectivity index (χ3v) is 5.36. The van der Waals surface area contributed by atoms with Crippen molar-refractivity contribution in [2.45, 2.75) is 51.7 Å². The predicted octanol–water partition coefficient (Wildman–Crippen LogP) is 2.09. The first kappa shape index (κ1) is 18.7. The number of hydrogen-bond donors (Lipinski definition) is 2. The van der Waals surface area contributed by atoms with Crippen molar-refractivity contribution >= 4 is 17.0 Å². The smallest absolute Gasteiger partial charge is 0.170 e. The van der Waals surface area contributed by atoms with Crippen molar-refractivity contribution in [2.24, 2.45) is 10.9 Å². The summed E-state index contributed by atoms with van der Waals surface area (Å²) in [6.07, 6.45) is 1.76. The van der Waals surface area contributed by atoms with Gasteiger partial charge in [-0.25, -0.2) is 9.66 Å². The maximum absolute atomic E-state index is 6.34. The Morgan fingerprint density at radius 2 is 2.08 bits per heavy atom.